The first-order valence-corrected chi connectivity index (χ1v) is 7.55. The van der Waals surface area contributed by atoms with E-state index in [4.69, 9.17) is 10.6 Å². The highest BCUT2D eigenvalue weighted by molar-refractivity contribution is 4.85. The van der Waals surface area contributed by atoms with Gasteiger partial charge in [0.1, 0.15) is 0 Å². The molecular formula is C15H34N2O. The Morgan fingerprint density at radius 2 is 1.67 bits per heavy atom. The predicted octanol–water partition coefficient (Wildman–Crippen LogP) is 3.63. The van der Waals surface area contributed by atoms with Gasteiger partial charge >= 0.3 is 0 Å². The van der Waals surface area contributed by atoms with E-state index < -0.39 is 0 Å². The van der Waals surface area contributed by atoms with E-state index in [0.717, 1.165) is 13.0 Å². The van der Waals surface area contributed by atoms with Crippen molar-refractivity contribution in [2.24, 2.45) is 11.3 Å². The van der Waals surface area contributed by atoms with Crippen LogP contribution in [0.2, 0.25) is 0 Å². The van der Waals surface area contributed by atoms with Gasteiger partial charge in [-0.2, -0.15) is 0 Å². The van der Waals surface area contributed by atoms with Crippen molar-refractivity contribution in [3.8, 4) is 0 Å². The Kier molecular flexibility index (Phi) is 9.70. The van der Waals surface area contributed by atoms with E-state index in [9.17, 15) is 0 Å². The highest BCUT2D eigenvalue weighted by Crippen LogP contribution is 2.27. The molecule has 3 heteroatoms. The predicted molar refractivity (Wildman–Crippen MR) is 79.4 cm³/mol. The van der Waals surface area contributed by atoms with Gasteiger partial charge in [0.05, 0.1) is 6.10 Å². The zero-order valence-electron chi connectivity index (χ0n) is 13.1. The molecule has 0 fully saturated rings. The molecule has 0 aliphatic carbocycles. The van der Waals surface area contributed by atoms with Crippen LogP contribution in [0.1, 0.15) is 73.1 Å². The largest absolute Gasteiger partial charge is 0.376 e. The molecule has 0 heterocycles. The highest BCUT2D eigenvalue weighted by atomic mass is 16.5. The van der Waals surface area contributed by atoms with Crippen LogP contribution in [-0.4, -0.2) is 18.8 Å². The van der Waals surface area contributed by atoms with Crippen LogP contribution in [-0.2, 0) is 4.74 Å². The van der Waals surface area contributed by atoms with E-state index >= 15 is 0 Å². The molecule has 3 nitrogen and oxygen atoms in total. The van der Waals surface area contributed by atoms with E-state index in [0.29, 0.717) is 0 Å². The molecule has 3 N–H and O–H groups in total. The van der Waals surface area contributed by atoms with Gasteiger partial charge in [-0.05, 0) is 18.8 Å². The van der Waals surface area contributed by atoms with Gasteiger partial charge in [0, 0.05) is 12.6 Å². The summed E-state index contributed by atoms with van der Waals surface area (Å²) in [5.74, 6) is 5.71. The van der Waals surface area contributed by atoms with E-state index in [1.807, 2.05) is 6.92 Å². The first kappa shape index (κ1) is 17.9. The molecule has 18 heavy (non-hydrogen) atoms. The second-order valence-electron chi connectivity index (χ2n) is 6.22. The number of nitrogens with two attached hydrogens (primary N) is 1. The molecule has 0 rings (SSSR count). The number of unbranched alkanes of at least 4 members (excludes halogenated alkanes) is 4. The zero-order valence-corrected chi connectivity index (χ0v) is 13.1. The monoisotopic (exact) mass is 258 g/mol. The molecule has 0 radical (unpaired) electrons. The standard InChI is InChI=1S/C15H34N2O/c1-6-8-9-10-11-12-13(17-16)14(18-7-2)15(3,4)5/h13-14,17H,6-12,16H2,1-5H3. The Labute approximate surface area is 114 Å². The Morgan fingerprint density at radius 1 is 1.06 bits per heavy atom. The van der Waals surface area contributed by atoms with Crippen LogP contribution >= 0.6 is 0 Å². The number of hydrogen-bond acceptors (Lipinski definition) is 3. The number of nitrogens with one attached hydrogen (secondary N) is 1. The fourth-order valence-corrected chi connectivity index (χ4v) is 2.44. The van der Waals surface area contributed by atoms with Crippen LogP contribution in [0.4, 0.5) is 0 Å². The van der Waals surface area contributed by atoms with E-state index in [1.54, 1.807) is 0 Å². The fourth-order valence-electron chi connectivity index (χ4n) is 2.44. The average Bonchev–Trinajstić information content (AvgIpc) is 2.30. The van der Waals surface area contributed by atoms with Gasteiger partial charge in [0.15, 0.2) is 0 Å². The van der Waals surface area contributed by atoms with Crippen LogP contribution < -0.4 is 11.3 Å². The molecule has 0 saturated carbocycles. The lowest BCUT2D eigenvalue weighted by Crippen LogP contribution is -2.50. The number of rotatable bonds is 10. The quantitative estimate of drug-likeness (QED) is 0.357. The summed E-state index contributed by atoms with van der Waals surface area (Å²) in [4.78, 5) is 0. The van der Waals surface area contributed by atoms with Crippen molar-refractivity contribution in [1.82, 2.24) is 5.43 Å². The molecule has 0 aliphatic rings. The van der Waals surface area contributed by atoms with Crippen molar-refractivity contribution < 1.29 is 4.74 Å². The topological polar surface area (TPSA) is 47.3 Å². The summed E-state index contributed by atoms with van der Waals surface area (Å²) < 4.78 is 5.90. The maximum atomic E-state index is 5.90. The molecule has 0 aromatic carbocycles. The summed E-state index contributed by atoms with van der Waals surface area (Å²) in [6.07, 6.45) is 7.78. The summed E-state index contributed by atoms with van der Waals surface area (Å²) in [6, 6.07) is 0.256. The van der Waals surface area contributed by atoms with E-state index in [2.05, 4.69) is 33.1 Å². The van der Waals surface area contributed by atoms with Crippen molar-refractivity contribution in [3.05, 3.63) is 0 Å². The summed E-state index contributed by atoms with van der Waals surface area (Å²) in [5.41, 5.74) is 3.08. The molecular weight excluding hydrogens is 224 g/mol. The van der Waals surface area contributed by atoms with Gasteiger partial charge in [0.25, 0.3) is 0 Å². The van der Waals surface area contributed by atoms with Gasteiger partial charge in [0.2, 0.25) is 0 Å². The molecule has 0 aromatic rings. The molecule has 2 unspecified atom stereocenters. The van der Waals surface area contributed by atoms with E-state index in [-0.39, 0.29) is 17.6 Å². The molecule has 0 amide bonds. The SMILES string of the molecule is CCCCCCCC(NN)C(OCC)C(C)(C)C. The third-order valence-corrected chi connectivity index (χ3v) is 3.40. The maximum Gasteiger partial charge on any atom is 0.0789 e. The number of hydrogen-bond donors (Lipinski definition) is 2. The van der Waals surface area contributed by atoms with Crippen LogP contribution in [0.3, 0.4) is 0 Å². The Hall–Kier alpha value is -0.120. The van der Waals surface area contributed by atoms with Gasteiger partial charge in [-0.15, -0.1) is 0 Å². The van der Waals surface area contributed by atoms with Crippen molar-refractivity contribution in [2.45, 2.75) is 85.3 Å². The molecule has 0 bridgehead atoms. The molecule has 0 saturated heterocycles. The minimum atomic E-state index is 0.121. The Bertz CT molecular complexity index is 189. The minimum absolute atomic E-state index is 0.121. The van der Waals surface area contributed by atoms with Gasteiger partial charge < -0.3 is 4.74 Å². The number of ether oxygens (including phenoxy) is 1. The highest BCUT2D eigenvalue weighted by Gasteiger charge is 2.31. The normalized spacial score (nSPS) is 15.7. The Balaban J connectivity index is 4.17. The minimum Gasteiger partial charge on any atom is -0.376 e. The lowest BCUT2D eigenvalue weighted by atomic mass is 9.83. The van der Waals surface area contributed by atoms with Gasteiger partial charge in [-0.1, -0.05) is 59.8 Å². The van der Waals surface area contributed by atoms with Crippen LogP contribution in [0.25, 0.3) is 0 Å². The summed E-state index contributed by atoms with van der Waals surface area (Å²) in [6.45, 7) is 11.7. The number of hydrazine groups is 1. The molecule has 0 spiro atoms. The molecule has 0 aromatic heterocycles. The molecule has 110 valence electrons. The third-order valence-electron chi connectivity index (χ3n) is 3.40. The van der Waals surface area contributed by atoms with Gasteiger partial charge in [-0.25, -0.2) is 0 Å². The van der Waals surface area contributed by atoms with Crippen molar-refractivity contribution in [2.75, 3.05) is 6.61 Å². The lowest BCUT2D eigenvalue weighted by Gasteiger charge is -2.36. The Morgan fingerprint density at radius 3 is 2.11 bits per heavy atom. The average molecular weight is 258 g/mol. The summed E-state index contributed by atoms with van der Waals surface area (Å²) >= 11 is 0. The van der Waals surface area contributed by atoms with Crippen molar-refractivity contribution in [3.63, 3.8) is 0 Å². The van der Waals surface area contributed by atoms with Crippen molar-refractivity contribution >= 4 is 0 Å². The van der Waals surface area contributed by atoms with Crippen LogP contribution in [0.5, 0.6) is 0 Å². The van der Waals surface area contributed by atoms with Gasteiger partial charge in [-0.3, -0.25) is 11.3 Å². The molecule has 2 atom stereocenters. The third kappa shape index (κ3) is 7.34. The first-order chi connectivity index (χ1) is 8.47. The van der Waals surface area contributed by atoms with Crippen LogP contribution in [0.15, 0.2) is 0 Å². The smallest absolute Gasteiger partial charge is 0.0789 e. The lowest BCUT2D eigenvalue weighted by molar-refractivity contribution is -0.0379. The second-order valence-corrected chi connectivity index (χ2v) is 6.22. The summed E-state index contributed by atoms with van der Waals surface area (Å²) in [5, 5.41) is 0. The molecule has 0 aliphatic heterocycles. The van der Waals surface area contributed by atoms with Crippen LogP contribution in [0, 0.1) is 5.41 Å². The zero-order chi connectivity index (χ0) is 14.0. The second kappa shape index (κ2) is 9.76. The summed E-state index contributed by atoms with van der Waals surface area (Å²) in [7, 11) is 0. The maximum absolute atomic E-state index is 5.90. The first-order valence-electron chi connectivity index (χ1n) is 7.55. The fraction of sp³-hybridized carbons (Fsp3) is 1.00. The van der Waals surface area contributed by atoms with Crippen molar-refractivity contribution in [1.29, 1.82) is 0 Å². The van der Waals surface area contributed by atoms with E-state index in [1.165, 1.54) is 32.1 Å².